The average molecular weight is 248 g/mol. The van der Waals surface area contributed by atoms with Crippen molar-refractivity contribution in [1.29, 1.82) is 0 Å². The quantitative estimate of drug-likeness (QED) is 0.890. The highest BCUT2D eigenvalue weighted by Gasteiger charge is 2.48. The van der Waals surface area contributed by atoms with Gasteiger partial charge in [-0.25, -0.2) is 0 Å². The minimum Gasteiger partial charge on any atom is -0.392 e. The molecular formula is C16H24O2. The van der Waals surface area contributed by atoms with E-state index in [1.165, 1.54) is 5.56 Å². The maximum Gasteiger partial charge on any atom is 0.0687 e. The summed E-state index contributed by atoms with van der Waals surface area (Å²) in [7, 11) is 0. The Hall–Kier alpha value is -0.860. The molecule has 2 nitrogen and oxygen atoms in total. The van der Waals surface area contributed by atoms with E-state index in [1.54, 1.807) is 0 Å². The van der Waals surface area contributed by atoms with E-state index in [4.69, 9.17) is 4.74 Å². The summed E-state index contributed by atoms with van der Waals surface area (Å²) in [5.41, 5.74) is 0.800. The van der Waals surface area contributed by atoms with Crippen LogP contribution in [0.5, 0.6) is 0 Å². The molecule has 0 aliphatic carbocycles. The fourth-order valence-electron chi connectivity index (χ4n) is 3.20. The fraction of sp³-hybridized carbons (Fsp3) is 0.625. The molecule has 0 radical (unpaired) electrons. The van der Waals surface area contributed by atoms with E-state index in [9.17, 15) is 5.11 Å². The molecule has 100 valence electrons. The van der Waals surface area contributed by atoms with Crippen molar-refractivity contribution in [2.45, 2.75) is 57.8 Å². The fourth-order valence-corrected chi connectivity index (χ4v) is 3.20. The molecule has 2 heteroatoms. The summed E-state index contributed by atoms with van der Waals surface area (Å²) in [6, 6.07) is 10.2. The van der Waals surface area contributed by atoms with Crippen molar-refractivity contribution in [3.8, 4) is 0 Å². The smallest absolute Gasteiger partial charge is 0.0687 e. The third-order valence-electron chi connectivity index (χ3n) is 3.90. The summed E-state index contributed by atoms with van der Waals surface area (Å²) < 4.78 is 6.05. The predicted octanol–water partition coefficient (Wildman–Crippen LogP) is 3.18. The average Bonchev–Trinajstić information content (AvgIpc) is 2.48. The van der Waals surface area contributed by atoms with Crippen molar-refractivity contribution in [2.75, 3.05) is 0 Å². The lowest BCUT2D eigenvalue weighted by atomic mass is 9.81. The van der Waals surface area contributed by atoms with Crippen LogP contribution in [0.1, 0.15) is 39.7 Å². The largest absolute Gasteiger partial charge is 0.392 e. The topological polar surface area (TPSA) is 29.5 Å². The number of hydrogen-bond acceptors (Lipinski definition) is 2. The Morgan fingerprint density at radius 3 is 2.33 bits per heavy atom. The molecule has 1 saturated heterocycles. The van der Waals surface area contributed by atoms with E-state index in [0.29, 0.717) is 6.42 Å². The molecular weight excluding hydrogens is 224 g/mol. The minimum absolute atomic E-state index is 0.133. The van der Waals surface area contributed by atoms with Gasteiger partial charge in [0.15, 0.2) is 0 Å². The molecule has 2 atom stereocenters. The van der Waals surface area contributed by atoms with Crippen molar-refractivity contribution in [1.82, 2.24) is 0 Å². The van der Waals surface area contributed by atoms with E-state index in [0.717, 1.165) is 6.42 Å². The Morgan fingerprint density at radius 1 is 1.22 bits per heavy atom. The normalized spacial score (nSPS) is 27.1. The second-order valence-electron chi connectivity index (χ2n) is 6.53. The third-order valence-corrected chi connectivity index (χ3v) is 3.90. The summed E-state index contributed by atoms with van der Waals surface area (Å²) >= 11 is 0. The number of ether oxygens (including phenoxy) is 1. The van der Waals surface area contributed by atoms with E-state index in [1.807, 2.05) is 18.2 Å². The summed E-state index contributed by atoms with van der Waals surface area (Å²) in [6.45, 7) is 8.37. The predicted molar refractivity (Wildman–Crippen MR) is 73.5 cm³/mol. The van der Waals surface area contributed by atoms with Gasteiger partial charge in [-0.05, 0) is 46.1 Å². The van der Waals surface area contributed by atoms with Crippen LogP contribution < -0.4 is 0 Å². The number of aliphatic hydroxyl groups excluding tert-OH is 1. The van der Waals surface area contributed by atoms with Gasteiger partial charge in [-0.15, -0.1) is 0 Å². The van der Waals surface area contributed by atoms with Crippen molar-refractivity contribution in [3.63, 3.8) is 0 Å². The maximum absolute atomic E-state index is 10.5. The van der Waals surface area contributed by atoms with E-state index >= 15 is 0 Å². The molecule has 1 heterocycles. The van der Waals surface area contributed by atoms with Gasteiger partial charge in [0.1, 0.15) is 0 Å². The zero-order chi connectivity index (χ0) is 13.4. The van der Waals surface area contributed by atoms with Crippen LogP contribution in [0.15, 0.2) is 30.3 Å². The number of benzene rings is 1. The van der Waals surface area contributed by atoms with Gasteiger partial charge in [0.05, 0.1) is 17.3 Å². The Bertz CT molecular complexity index is 395. The monoisotopic (exact) mass is 248 g/mol. The van der Waals surface area contributed by atoms with Crippen LogP contribution in [-0.2, 0) is 11.2 Å². The van der Waals surface area contributed by atoms with Gasteiger partial charge in [-0.3, -0.25) is 0 Å². The number of hydrogen-bond donors (Lipinski definition) is 1. The first-order valence-electron chi connectivity index (χ1n) is 6.72. The summed E-state index contributed by atoms with van der Waals surface area (Å²) in [5.74, 6) is 0.188. The molecule has 0 aromatic heterocycles. The molecule has 1 aromatic rings. The lowest BCUT2D eigenvalue weighted by molar-refractivity contribution is -0.0873. The van der Waals surface area contributed by atoms with Gasteiger partial charge in [-0.2, -0.15) is 0 Å². The maximum atomic E-state index is 10.5. The van der Waals surface area contributed by atoms with Gasteiger partial charge in [0.25, 0.3) is 0 Å². The zero-order valence-electron chi connectivity index (χ0n) is 11.8. The molecule has 2 rings (SSSR count). The molecule has 2 unspecified atom stereocenters. The third kappa shape index (κ3) is 2.93. The van der Waals surface area contributed by atoms with E-state index in [2.05, 4.69) is 39.8 Å². The van der Waals surface area contributed by atoms with E-state index in [-0.39, 0.29) is 23.2 Å². The lowest BCUT2D eigenvalue weighted by Gasteiger charge is -2.30. The molecule has 0 saturated carbocycles. The molecule has 1 fully saturated rings. The molecule has 1 aromatic carbocycles. The lowest BCUT2D eigenvalue weighted by Crippen LogP contribution is -2.37. The summed E-state index contributed by atoms with van der Waals surface area (Å²) in [5, 5.41) is 10.5. The molecule has 0 amide bonds. The van der Waals surface area contributed by atoms with Crippen molar-refractivity contribution in [3.05, 3.63) is 35.9 Å². The molecule has 1 N–H and O–H groups in total. The second kappa shape index (κ2) is 4.67. The van der Waals surface area contributed by atoms with Gasteiger partial charge in [-0.1, -0.05) is 30.3 Å². The zero-order valence-corrected chi connectivity index (χ0v) is 11.8. The van der Waals surface area contributed by atoms with Gasteiger partial charge in [0, 0.05) is 5.92 Å². The minimum atomic E-state index is -0.343. The Kier molecular flexibility index (Phi) is 3.52. The summed E-state index contributed by atoms with van der Waals surface area (Å²) in [4.78, 5) is 0. The van der Waals surface area contributed by atoms with Crippen LogP contribution in [0.4, 0.5) is 0 Å². The Balaban J connectivity index is 2.08. The van der Waals surface area contributed by atoms with Crippen molar-refractivity contribution >= 4 is 0 Å². The Labute approximate surface area is 110 Å². The van der Waals surface area contributed by atoms with Crippen LogP contribution >= 0.6 is 0 Å². The SMILES string of the molecule is CC1(C)CC(C(O)Cc2ccccc2)C(C)(C)O1. The van der Waals surface area contributed by atoms with Crippen molar-refractivity contribution < 1.29 is 9.84 Å². The standard InChI is InChI=1S/C16H24O2/c1-15(2)11-13(16(3,4)18-15)14(17)10-12-8-6-5-7-9-12/h5-9,13-14,17H,10-11H2,1-4H3. The first-order valence-corrected chi connectivity index (χ1v) is 6.72. The van der Waals surface area contributed by atoms with Crippen LogP contribution in [0.25, 0.3) is 0 Å². The second-order valence-corrected chi connectivity index (χ2v) is 6.53. The Morgan fingerprint density at radius 2 is 1.83 bits per heavy atom. The van der Waals surface area contributed by atoms with Crippen LogP contribution in [0.3, 0.4) is 0 Å². The van der Waals surface area contributed by atoms with Gasteiger partial charge < -0.3 is 9.84 Å². The first kappa shape index (κ1) is 13.6. The molecule has 0 bridgehead atoms. The van der Waals surface area contributed by atoms with Crippen LogP contribution in [0.2, 0.25) is 0 Å². The van der Waals surface area contributed by atoms with Gasteiger partial charge >= 0.3 is 0 Å². The van der Waals surface area contributed by atoms with Gasteiger partial charge in [0.2, 0.25) is 0 Å². The molecule has 1 aliphatic heterocycles. The summed E-state index contributed by atoms with van der Waals surface area (Å²) in [6.07, 6.45) is 1.27. The number of aliphatic hydroxyl groups is 1. The van der Waals surface area contributed by atoms with Crippen LogP contribution in [0, 0.1) is 5.92 Å². The highest BCUT2D eigenvalue weighted by Crippen LogP contribution is 2.44. The van der Waals surface area contributed by atoms with Crippen LogP contribution in [-0.4, -0.2) is 22.4 Å². The number of rotatable bonds is 3. The van der Waals surface area contributed by atoms with Crippen molar-refractivity contribution in [2.24, 2.45) is 5.92 Å². The first-order chi connectivity index (χ1) is 8.30. The molecule has 18 heavy (non-hydrogen) atoms. The molecule has 1 aliphatic rings. The highest BCUT2D eigenvalue weighted by atomic mass is 16.5. The molecule has 0 spiro atoms. The van der Waals surface area contributed by atoms with E-state index < -0.39 is 0 Å². The highest BCUT2D eigenvalue weighted by molar-refractivity contribution is 5.16.